The van der Waals surface area contributed by atoms with Crippen LogP contribution in [0.15, 0.2) is 30.5 Å². The molecule has 0 fully saturated rings. The van der Waals surface area contributed by atoms with Gasteiger partial charge in [-0.2, -0.15) is 23.3 Å². The van der Waals surface area contributed by atoms with Gasteiger partial charge in [0, 0.05) is 12.6 Å². The number of rotatable bonds is 2. The second-order valence-corrected chi connectivity index (χ2v) is 4.36. The van der Waals surface area contributed by atoms with Crippen molar-refractivity contribution >= 4 is 17.0 Å². The lowest BCUT2D eigenvalue weighted by Gasteiger charge is -2.09. The molecule has 0 atom stereocenters. The molecule has 3 aromatic rings. The van der Waals surface area contributed by atoms with Gasteiger partial charge in [0.25, 0.3) is 0 Å². The topological polar surface area (TPSA) is 66.5 Å². The predicted octanol–water partition coefficient (Wildman–Crippen LogP) is 3.08. The maximum Gasteiger partial charge on any atom is 0.416 e. The van der Waals surface area contributed by atoms with Gasteiger partial charge in [-0.1, -0.05) is 12.1 Å². The van der Waals surface area contributed by atoms with Crippen LogP contribution in [-0.2, 0) is 6.18 Å². The summed E-state index contributed by atoms with van der Waals surface area (Å²) in [5, 5.41) is 9.88. The highest BCUT2D eigenvalue weighted by Gasteiger charge is 2.30. The van der Waals surface area contributed by atoms with Gasteiger partial charge in [0.15, 0.2) is 5.65 Å². The van der Waals surface area contributed by atoms with Gasteiger partial charge in [0.2, 0.25) is 5.95 Å². The van der Waals surface area contributed by atoms with Crippen LogP contribution in [0.5, 0.6) is 0 Å². The van der Waals surface area contributed by atoms with Crippen molar-refractivity contribution in [1.29, 1.82) is 0 Å². The molecule has 0 aliphatic carbocycles. The van der Waals surface area contributed by atoms with Crippen molar-refractivity contribution in [2.24, 2.45) is 0 Å². The molecule has 0 aliphatic heterocycles. The molecule has 0 spiro atoms. The lowest BCUT2D eigenvalue weighted by atomic mass is 10.1. The number of H-pyrrole nitrogens is 1. The zero-order valence-corrected chi connectivity index (χ0v) is 10.9. The van der Waals surface area contributed by atoms with Gasteiger partial charge >= 0.3 is 6.18 Å². The van der Waals surface area contributed by atoms with Crippen molar-refractivity contribution in [1.82, 2.24) is 20.2 Å². The van der Waals surface area contributed by atoms with Crippen LogP contribution < -0.4 is 5.32 Å². The maximum absolute atomic E-state index is 12.8. The standard InChI is InChI=1S/C13H10F3N5/c1-17-12-19-10(9-6-18-21-11(9)20-12)7-3-2-4-8(5-7)13(14,15)16/h2-6H,1H3,(H2,17,18,19,20,21). The number of aromatic amines is 1. The van der Waals surface area contributed by atoms with E-state index in [2.05, 4.69) is 25.5 Å². The Balaban J connectivity index is 2.22. The Labute approximate surface area is 117 Å². The van der Waals surface area contributed by atoms with E-state index in [1.165, 1.54) is 12.3 Å². The molecule has 0 bridgehead atoms. The van der Waals surface area contributed by atoms with E-state index in [9.17, 15) is 13.2 Å². The number of aromatic nitrogens is 4. The number of nitrogens with one attached hydrogen (secondary N) is 2. The molecule has 2 aromatic heterocycles. The van der Waals surface area contributed by atoms with Crippen LogP contribution in [0.2, 0.25) is 0 Å². The molecule has 1 aromatic carbocycles. The summed E-state index contributed by atoms with van der Waals surface area (Å²) in [6.45, 7) is 0. The smallest absolute Gasteiger partial charge is 0.357 e. The van der Waals surface area contributed by atoms with E-state index in [1.807, 2.05) is 0 Å². The fraction of sp³-hybridized carbons (Fsp3) is 0.154. The van der Waals surface area contributed by atoms with Gasteiger partial charge in [-0.15, -0.1) is 0 Å². The van der Waals surface area contributed by atoms with Gasteiger partial charge < -0.3 is 5.32 Å². The molecule has 0 amide bonds. The maximum atomic E-state index is 12.8. The van der Waals surface area contributed by atoms with Crippen molar-refractivity contribution in [2.75, 3.05) is 12.4 Å². The van der Waals surface area contributed by atoms with Crippen LogP contribution in [0.1, 0.15) is 5.56 Å². The van der Waals surface area contributed by atoms with Crippen LogP contribution in [0, 0.1) is 0 Å². The second-order valence-electron chi connectivity index (χ2n) is 4.36. The normalized spacial score (nSPS) is 11.8. The number of fused-ring (bicyclic) bond motifs is 1. The van der Waals surface area contributed by atoms with E-state index in [1.54, 1.807) is 13.1 Å². The minimum absolute atomic E-state index is 0.305. The fourth-order valence-corrected chi connectivity index (χ4v) is 2.01. The van der Waals surface area contributed by atoms with Gasteiger partial charge in [0.1, 0.15) is 0 Å². The van der Waals surface area contributed by atoms with Crippen molar-refractivity contribution in [3.8, 4) is 11.3 Å². The summed E-state index contributed by atoms with van der Waals surface area (Å²) in [5.74, 6) is 0.305. The average Bonchev–Trinajstić information content (AvgIpc) is 2.93. The molecule has 0 radical (unpaired) electrons. The minimum Gasteiger partial charge on any atom is -0.357 e. The highest BCUT2D eigenvalue weighted by atomic mass is 19.4. The fourth-order valence-electron chi connectivity index (χ4n) is 2.01. The molecule has 0 saturated heterocycles. The average molecular weight is 293 g/mol. The molecule has 3 rings (SSSR count). The van der Waals surface area contributed by atoms with Gasteiger partial charge in [-0.3, -0.25) is 5.10 Å². The van der Waals surface area contributed by atoms with Crippen LogP contribution in [0.3, 0.4) is 0 Å². The Bertz CT molecular complexity index is 794. The Morgan fingerprint density at radius 3 is 2.71 bits per heavy atom. The predicted molar refractivity (Wildman–Crippen MR) is 71.7 cm³/mol. The number of benzene rings is 1. The van der Waals surface area contributed by atoms with Crippen LogP contribution in [0.4, 0.5) is 19.1 Å². The summed E-state index contributed by atoms with van der Waals surface area (Å²) < 4.78 is 38.5. The number of nitrogens with zero attached hydrogens (tertiary/aromatic N) is 3. The third-order valence-corrected chi connectivity index (χ3v) is 3.00. The highest BCUT2D eigenvalue weighted by molar-refractivity contribution is 5.90. The zero-order chi connectivity index (χ0) is 15.0. The molecule has 0 saturated carbocycles. The first-order valence-corrected chi connectivity index (χ1v) is 6.05. The molecule has 108 valence electrons. The second kappa shape index (κ2) is 4.72. The zero-order valence-electron chi connectivity index (χ0n) is 10.9. The number of hydrogen-bond acceptors (Lipinski definition) is 4. The Morgan fingerprint density at radius 1 is 1.19 bits per heavy atom. The first-order chi connectivity index (χ1) is 9.99. The summed E-state index contributed by atoms with van der Waals surface area (Å²) in [5.41, 5.74) is 0.488. The SMILES string of the molecule is CNc1nc(-c2cccc(C(F)(F)F)c2)c2cn[nH]c2n1. The van der Waals surface area contributed by atoms with Gasteiger partial charge in [-0.25, -0.2) is 4.98 Å². The molecular weight excluding hydrogens is 283 g/mol. The summed E-state index contributed by atoms with van der Waals surface area (Å²) in [4.78, 5) is 8.38. The molecule has 2 heterocycles. The Kier molecular flexibility index (Phi) is 3.00. The third kappa shape index (κ3) is 2.39. The van der Waals surface area contributed by atoms with E-state index < -0.39 is 11.7 Å². The van der Waals surface area contributed by atoms with E-state index in [-0.39, 0.29) is 0 Å². The van der Waals surface area contributed by atoms with Crippen molar-refractivity contribution in [3.63, 3.8) is 0 Å². The molecule has 21 heavy (non-hydrogen) atoms. The van der Waals surface area contributed by atoms with Gasteiger partial charge in [0.05, 0.1) is 22.8 Å². The lowest BCUT2D eigenvalue weighted by Crippen LogP contribution is -2.05. The van der Waals surface area contributed by atoms with E-state index in [0.29, 0.717) is 28.2 Å². The largest absolute Gasteiger partial charge is 0.416 e. The van der Waals surface area contributed by atoms with Gasteiger partial charge in [-0.05, 0) is 12.1 Å². The number of anilines is 1. The Hall–Kier alpha value is -2.64. The molecule has 5 nitrogen and oxygen atoms in total. The summed E-state index contributed by atoms with van der Waals surface area (Å²) in [7, 11) is 1.63. The quantitative estimate of drug-likeness (QED) is 0.762. The summed E-state index contributed by atoms with van der Waals surface area (Å²) in [6, 6.07) is 5.01. The monoisotopic (exact) mass is 293 g/mol. The first kappa shape index (κ1) is 13.3. The minimum atomic E-state index is -4.40. The molecule has 0 unspecified atom stereocenters. The van der Waals surface area contributed by atoms with Crippen LogP contribution >= 0.6 is 0 Å². The van der Waals surface area contributed by atoms with Crippen molar-refractivity contribution in [2.45, 2.75) is 6.18 Å². The summed E-state index contributed by atoms with van der Waals surface area (Å²) in [6.07, 6.45) is -2.91. The van der Waals surface area contributed by atoms with E-state index >= 15 is 0 Å². The summed E-state index contributed by atoms with van der Waals surface area (Å²) >= 11 is 0. The third-order valence-electron chi connectivity index (χ3n) is 3.00. The van der Waals surface area contributed by atoms with Crippen LogP contribution in [0.25, 0.3) is 22.3 Å². The first-order valence-electron chi connectivity index (χ1n) is 6.05. The highest BCUT2D eigenvalue weighted by Crippen LogP contribution is 2.33. The Morgan fingerprint density at radius 2 is 2.00 bits per heavy atom. The van der Waals surface area contributed by atoms with Crippen LogP contribution in [-0.4, -0.2) is 27.2 Å². The van der Waals surface area contributed by atoms with Crippen molar-refractivity contribution in [3.05, 3.63) is 36.0 Å². The van der Waals surface area contributed by atoms with Crippen molar-refractivity contribution < 1.29 is 13.2 Å². The molecule has 0 aliphatic rings. The number of alkyl halides is 3. The lowest BCUT2D eigenvalue weighted by molar-refractivity contribution is -0.137. The number of hydrogen-bond donors (Lipinski definition) is 2. The molecular formula is C13H10F3N5. The number of halogens is 3. The molecule has 2 N–H and O–H groups in total. The van der Waals surface area contributed by atoms with E-state index in [4.69, 9.17) is 0 Å². The van der Waals surface area contributed by atoms with E-state index in [0.717, 1.165) is 12.1 Å². The molecule has 8 heteroatoms.